The summed E-state index contributed by atoms with van der Waals surface area (Å²) in [5.74, 6) is 1.36. The van der Waals surface area contributed by atoms with E-state index in [1.807, 2.05) is 24.3 Å². The fourth-order valence-electron chi connectivity index (χ4n) is 2.63. The van der Waals surface area contributed by atoms with Crippen molar-refractivity contribution in [2.75, 3.05) is 5.32 Å². The van der Waals surface area contributed by atoms with Gasteiger partial charge in [-0.15, -0.1) is 11.3 Å². The van der Waals surface area contributed by atoms with Crippen LogP contribution in [0.3, 0.4) is 0 Å². The molecule has 0 atom stereocenters. The zero-order valence-electron chi connectivity index (χ0n) is 13.8. The summed E-state index contributed by atoms with van der Waals surface area (Å²) >= 11 is 13.9. The first-order valence-electron chi connectivity index (χ1n) is 8.06. The van der Waals surface area contributed by atoms with Crippen LogP contribution in [-0.2, 0) is 6.42 Å². The molecule has 0 amide bonds. The number of halogens is 2. The zero-order chi connectivity index (χ0) is 18.1. The number of benzene rings is 1. The molecule has 26 heavy (non-hydrogen) atoms. The van der Waals surface area contributed by atoms with E-state index in [0.29, 0.717) is 15.9 Å². The van der Waals surface area contributed by atoms with Crippen LogP contribution in [0.5, 0.6) is 0 Å². The molecule has 3 heterocycles. The monoisotopic (exact) mass is 400 g/mol. The number of hydrogen-bond donors (Lipinski definition) is 1. The number of aryl methyl sites for hydroxylation is 1. The van der Waals surface area contributed by atoms with Crippen molar-refractivity contribution in [1.29, 1.82) is 0 Å². The van der Waals surface area contributed by atoms with Gasteiger partial charge in [0, 0.05) is 38.6 Å². The van der Waals surface area contributed by atoms with Gasteiger partial charge in [-0.3, -0.25) is 4.98 Å². The lowest BCUT2D eigenvalue weighted by atomic mass is 10.2. The lowest BCUT2D eigenvalue weighted by Crippen LogP contribution is -1.98. The van der Waals surface area contributed by atoms with Gasteiger partial charge in [-0.1, -0.05) is 30.1 Å². The molecule has 1 aromatic carbocycles. The van der Waals surface area contributed by atoms with E-state index in [2.05, 4.69) is 23.3 Å². The molecule has 4 rings (SSSR count). The Balaban J connectivity index is 1.86. The number of thiophene rings is 1. The molecule has 130 valence electrons. The smallest absolute Gasteiger partial charge is 0.164 e. The van der Waals surface area contributed by atoms with Crippen molar-refractivity contribution >= 4 is 56.3 Å². The number of nitrogens with one attached hydrogen (secondary N) is 1. The minimum atomic E-state index is 0.567. The number of pyridine rings is 1. The Morgan fingerprint density at radius 3 is 2.58 bits per heavy atom. The molecule has 0 aliphatic rings. The van der Waals surface area contributed by atoms with E-state index in [9.17, 15) is 0 Å². The van der Waals surface area contributed by atoms with Crippen molar-refractivity contribution in [3.05, 3.63) is 63.7 Å². The standard InChI is InChI=1S/C19H14Cl2N4S/c1-2-15-9-16-18(23-14-7-12(20)6-13(21)8-14)24-17(25-19(16)26-15)11-4-3-5-22-10-11/h3-10H,2H2,1H3,(H,23,24,25). The van der Waals surface area contributed by atoms with Crippen LogP contribution in [0.15, 0.2) is 48.8 Å². The van der Waals surface area contributed by atoms with Crippen LogP contribution < -0.4 is 5.32 Å². The Bertz CT molecular complexity index is 1060. The highest BCUT2D eigenvalue weighted by atomic mass is 35.5. The Morgan fingerprint density at radius 2 is 1.88 bits per heavy atom. The van der Waals surface area contributed by atoms with Gasteiger partial charge in [-0.05, 0) is 42.8 Å². The van der Waals surface area contributed by atoms with Gasteiger partial charge in [-0.2, -0.15) is 0 Å². The molecule has 0 fully saturated rings. The van der Waals surface area contributed by atoms with E-state index in [1.165, 1.54) is 4.88 Å². The van der Waals surface area contributed by atoms with Gasteiger partial charge in [0.2, 0.25) is 0 Å². The third-order valence-electron chi connectivity index (χ3n) is 3.84. The molecule has 7 heteroatoms. The highest BCUT2D eigenvalue weighted by molar-refractivity contribution is 7.18. The lowest BCUT2D eigenvalue weighted by Gasteiger charge is -2.10. The summed E-state index contributed by atoms with van der Waals surface area (Å²) in [4.78, 5) is 15.8. The van der Waals surface area contributed by atoms with Gasteiger partial charge in [0.15, 0.2) is 5.82 Å². The maximum atomic E-state index is 6.12. The molecule has 4 aromatic rings. The molecule has 0 aliphatic heterocycles. The molecule has 0 saturated heterocycles. The van der Waals surface area contributed by atoms with Gasteiger partial charge in [0.1, 0.15) is 10.6 Å². The normalized spacial score (nSPS) is 11.0. The average molecular weight is 401 g/mol. The second-order valence-corrected chi connectivity index (χ2v) is 7.69. The van der Waals surface area contributed by atoms with Crippen LogP contribution in [0.2, 0.25) is 10.0 Å². The third-order valence-corrected chi connectivity index (χ3v) is 5.45. The molecule has 3 aromatic heterocycles. The van der Waals surface area contributed by atoms with Crippen LogP contribution in [0.25, 0.3) is 21.6 Å². The van der Waals surface area contributed by atoms with E-state index in [-0.39, 0.29) is 0 Å². The molecule has 0 spiro atoms. The molecule has 0 aliphatic carbocycles. The van der Waals surface area contributed by atoms with Gasteiger partial charge < -0.3 is 5.32 Å². The van der Waals surface area contributed by atoms with Crippen LogP contribution >= 0.6 is 34.5 Å². The van der Waals surface area contributed by atoms with Crippen LogP contribution in [0.4, 0.5) is 11.5 Å². The lowest BCUT2D eigenvalue weighted by molar-refractivity contribution is 1.19. The van der Waals surface area contributed by atoms with E-state index in [4.69, 9.17) is 33.2 Å². The number of anilines is 2. The number of aromatic nitrogens is 3. The average Bonchev–Trinajstić information content (AvgIpc) is 3.05. The predicted octanol–water partition coefficient (Wildman–Crippen LogP) is 6.37. The van der Waals surface area contributed by atoms with Crippen LogP contribution in [0, 0.1) is 0 Å². The number of fused-ring (bicyclic) bond motifs is 1. The summed E-state index contributed by atoms with van der Waals surface area (Å²) in [6.07, 6.45) is 4.44. The first-order chi connectivity index (χ1) is 12.6. The Morgan fingerprint density at radius 1 is 1.08 bits per heavy atom. The fraction of sp³-hybridized carbons (Fsp3) is 0.105. The van der Waals surface area contributed by atoms with Crippen molar-refractivity contribution in [2.24, 2.45) is 0 Å². The maximum absolute atomic E-state index is 6.12. The van der Waals surface area contributed by atoms with Gasteiger partial charge in [0.25, 0.3) is 0 Å². The molecule has 0 bridgehead atoms. The third kappa shape index (κ3) is 3.51. The van der Waals surface area contributed by atoms with Crippen LogP contribution in [0.1, 0.15) is 11.8 Å². The first kappa shape index (κ1) is 17.2. The number of hydrogen-bond acceptors (Lipinski definition) is 5. The highest BCUT2D eigenvalue weighted by Crippen LogP contribution is 2.34. The van der Waals surface area contributed by atoms with Crippen molar-refractivity contribution in [1.82, 2.24) is 15.0 Å². The maximum Gasteiger partial charge on any atom is 0.164 e. The summed E-state index contributed by atoms with van der Waals surface area (Å²) in [5.41, 5.74) is 1.65. The minimum Gasteiger partial charge on any atom is -0.339 e. The number of nitrogens with zero attached hydrogens (tertiary/aromatic N) is 3. The van der Waals surface area contributed by atoms with Crippen molar-refractivity contribution in [2.45, 2.75) is 13.3 Å². The van der Waals surface area contributed by atoms with Crippen molar-refractivity contribution < 1.29 is 0 Å². The van der Waals surface area contributed by atoms with Gasteiger partial charge in [0.05, 0.1) is 5.39 Å². The summed E-state index contributed by atoms with van der Waals surface area (Å²) in [6, 6.07) is 11.3. The molecule has 0 unspecified atom stereocenters. The van der Waals surface area contributed by atoms with Crippen LogP contribution in [-0.4, -0.2) is 15.0 Å². The Kier molecular flexibility index (Phi) is 4.76. The van der Waals surface area contributed by atoms with E-state index >= 15 is 0 Å². The minimum absolute atomic E-state index is 0.567. The van der Waals surface area contributed by atoms with Crippen molar-refractivity contribution in [3.63, 3.8) is 0 Å². The Hall–Kier alpha value is -2.21. The highest BCUT2D eigenvalue weighted by Gasteiger charge is 2.13. The predicted molar refractivity (Wildman–Crippen MR) is 110 cm³/mol. The summed E-state index contributed by atoms with van der Waals surface area (Å²) in [6.45, 7) is 2.13. The van der Waals surface area contributed by atoms with E-state index < -0.39 is 0 Å². The number of rotatable bonds is 4. The largest absolute Gasteiger partial charge is 0.339 e. The molecular formula is C19H14Cl2N4S. The molecule has 1 N–H and O–H groups in total. The second kappa shape index (κ2) is 7.19. The summed E-state index contributed by atoms with van der Waals surface area (Å²) in [5, 5.41) is 5.46. The first-order valence-corrected chi connectivity index (χ1v) is 9.63. The van der Waals surface area contributed by atoms with E-state index in [1.54, 1.807) is 29.8 Å². The fourth-order valence-corrected chi connectivity index (χ4v) is 4.12. The summed E-state index contributed by atoms with van der Waals surface area (Å²) in [7, 11) is 0. The summed E-state index contributed by atoms with van der Waals surface area (Å²) < 4.78 is 0. The Labute approximate surface area is 164 Å². The van der Waals surface area contributed by atoms with Gasteiger partial charge in [-0.25, -0.2) is 9.97 Å². The van der Waals surface area contributed by atoms with E-state index in [0.717, 1.165) is 33.7 Å². The molecular weight excluding hydrogens is 387 g/mol. The van der Waals surface area contributed by atoms with Crippen molar-refractivity contribution in [3.8, 4) is 11.4 Å². The second-order valence-electron chi connectivity index (χ2n) is 5.71. The zero-order valence-corrected chi connectivity index (χ0v) is 16.2. The molecule has 0 radical (unpaired) electrons. The topological polar surface area (TPSA) is 50.7 Å². The molecule has 4 nitrogen and oxygen atoms in total. The quantitative estimate of drug-likeness (QED) is 0.432. The molecule has 0 saturated carbocycles. The van der Waals surface area contributed by atoms with Gasteiger partial charge >= 0.3 is 0 Å². The SMILES string of the molecule is CCc1cc2c(Nc3cc(Cl)cc(Cl)c3)nc(-c3cccnc3)nc2s1.